The number of benzene rings is 2. The highest BCUT2D eigenvalue weighted by Gasteiger charge is 2.59. The Morgan fingerprint density at radius 2 is 1.12 bits per heavy atom. The van der Waals surface area contributed by atoms with Crippen LogP contribution in [0.2, 0.25) is 0 Å². The number of urea groups is 1. The Morgan fingerprint density at radius 3 is 1.69 bits per heavy atom. The van der Waals surface area contributed by atoms with Crippen molar-refractivity contribution in [3.8, 4) is 0 Å². The molecule has 4 atom stereocenters. The molecule has 3 aromatic rings. The zero-order valence-corrected chi connectivity index (χ0v) is 74.0. The first-order chi connectivity index (χ1) is 60.5. The molecule has 2 heterocycles. The molecule has 0 bridgehead atoms. The van der Waals surface area contributed by atoms with Crippen LogP contribution in [0.1, 0.15) is 164 Å². The highest BCUT2D eigenvalue weighted by molar-refractivity contribution is 8.00. The van der Waals surface area contributed by atoms with Crippen molar-refractivity contribution < 1.29 is 130 Å². The van der Waals surface area contributed by atoms with Crippen LogP contribution in [0, 0.1) is 18.8 Å². The molecule has 20 N–H and O–H groups in total. The van der Waals surface area contributed by atoms with E-state index >= 15 is 0 Å². The van der Waals surface area contributed by atoms with Crippen LogP contribution in [0.5, 0.6) is 0 Å². The minimum Gasteiger partial charge on any atom is -0.481 e. The molecule has 2 saturated carbocycles. The topological polar surface area (TPSA) is 635 Å². The first-order valence-electron chi connectivity index (χ1n) is 42.6. The van der Waals surface area contributed by atoms with Crippen molar-refractivity contribution in [3.05, 3.63) is 89.7 Å². The van der Waals surface area contributed by atoms with E-state index < -0.39 is 133 Å². The van der Waals surface area contributed by atoms with Crippen LogP contribution in [0.15, 0.2) is 73.1 Å². The molecule has 0 radical (unpaired) electrons. The molecule has 3 aliphatic rings. The number of carboxylic acid groups (broad SMARTS) is 1. The maximum atomic E-state index is 14.4. The van der Waals surface area contributed by atoms with Crippen molar-refractivity contribution in [2.24, 2.45) is 17.6 Å². The molecule has 6 rings (SSSR count). The quantitative estimate of drug-likeness (QED) is 0.0214. The van der Waals surface area contributed by atoms with Gasteiger partial charge in [0.2, 0.25) is 76.8 Å². The van der Waals surface area contributed by atoms with Gasteiger partial charge in [-0.2, -0.15) is 0 Å². The molecule has 42 nitrogen and oxygen atoms in total. The summed E-state index contributed by atoms with van der Waals surface area (Å²) >= 11 is 0.971. The van der Waals surface area contributed by atoms with E-state index in [0.717, 1.165) is 34.2 Å². The molecular formula is C82H123N15O27P2S. The molecule has 1 saturated heterocycles. The second kappa shape index (κ2) is 55.7. The zero-order chi connectivity index (χ0) is 92.8. The molecule has 704 valence electrons. The number of amides is 15. The zero-order valence-electron chi connectivity index (χ0n) is 71.4. The number of rotatable bonds is 60. The predicted octanol–water partition coefficient (Wildman–Crippen LogP) is 1.17. The van der Waals surface area contributed by atoms with E-state index in [-0.39, 0.29) is 218 Å². The number of aliphatic hydroxyl groups is 1. The minimum absolute atomic E-state index is 0.0159. The average molecular weight is 1840 g/mol. The first-order valence-corrected chi connectivity index (χ1v) is 46.9. The number of carbonyl (C=O) groups excluding carboxylic acids is 14. The van der Waals surface area contributed by atoms with E-state index in [1.807, 2.05) is 25.1 Å². The summed E-state index contributed by atoms with van der Waals surface area (Å²) in [5.41, 5.74) is 7.60. The maximum absolute atomic E-state index is 14.4. The van der Waals surface area contributed by atoms with Crippen molar-refractivity contribution >= 4 is 127 Å². The van der Waals surface area contributed by atoms with Gasteiger partial charge in [0.05, 0.1) is 64.5 Å². The third-order valence-corrected chi connectivity index (χ3v) is 26.5. The number of nitrogens with one attached hydrogen (secondary N) is 12. The van der Waals surface area contributed by atoms with Gasteiger partial charge in [-0.1, -0.05) is 55.7 Å². The van der Waals surface area contributed by atoms with Crippen LogP contribution in [0.4, 0.5) is 16.2 Å². The fraction of sp³-hybridized carbons (Fsp3) is 0.610. The molecule has 1 aromatic heterocycles. The third-order valence-electron chi connectivity index (χ3n) is 21.3. The Bertz CT molecular complexity index is 4210. The average Bonchev–Trinajstić information content (AvgIpc) is 1.44. The van der Waals surface area contributed by atoms with Crippen molar-refractivity contribution in [2.75, 3.05) is 115 Å². The summed E-state index contributed by atoms with van der Waals surface area (Å²) in [6, 6.07) is 13.3. The number of aliphatic carboxylic acids is 1. The van der Waals surface area contributed by atoms with Crippen molar-refractivity contribution in [1.82, 2.24) is 63.1 Å². The smallest absolute Gasteiger partial charge is 0.369 e. The molecule has 0 spiro atoms. The number of anilines is 2. The number of aromatic nitrogens is 1. The fourth-order valence-electron chi connectivity index (χ4n) is 14.1. The summed E-state index contributed by atoms with van der Waals surface area (Å²) in [7, 11) is -11.3. The number of nitrogens with two attached hydrogens (primary N) is 1. The Morgan fingerprint density at radius 1 is 0.575 bits per heavy atom. The molecule has 127 heavy (non-hydrogen) atoms. The molecule has 3 fully saturated rings. The number of thioether (sulfide) groups is 1. The second-order valence-electron chi connectivity index (χ2n) is 31.2. The number of ether oxygens (including phenoxy) is 4. The van der Waals surface area contributed by atoms with E-state index in [1.54, 1.807) is 54.9 Å². The van der Waals surface area contributed by atoms with E-state index in [0.29, 0.717) is 74.7 Å². The molecule has 1 unspecified atom stereocenters. The van der Waals surface area contributed by atoms with Crippen LogP contribution in [-0.4, -0.2) is 267 Å². The lowest BCUT2D eigenvalue weighted by Gasteiger charge is -2.38. The number of para-hydroxylation sites is 1. The minimum atomic E-state index is -5.64. The number of likely N-dealkylation sites (tertiary alicyclic amines) is 1. The molecule has 2 aliphatic carbocycles. The van der Waals surface area contributed by atoms with E-state index in [2.05, 4.69) is 68.8 Å². The largest absolute Gasteiger partial charge is 0.481 e. The van der Waals surface area contributed by atoms with E-state index in [1.165, 1.54) is 0 Å². The van der Waals surface area contributed by atoms with Gasteiger partial charge >= 0.3 is 27.2 Å². The lowest BCUT2D eigenvalue weighted by Crippen LogP contribution is -2.63. The van der Waals surface area contributed by atoms with Gasteiger partial charge in [0, 0.05) is 133 Å². The van der Waals surface area contributed by atoms with Crippen molar-refractivity contribution in [3.63, 3.8) is 0 Å². The van der Waals surface area contributed by atoms with Crippen molar-refractivity contribution in [2.45, 2.75) is 201 Å². The van der Waals surface area contributed by atoms with Gasteiger partial charge < -0.3 is 118 Å². The summed E-state index contributed by atoms with van der Waals surface area (Å²) in [4.78, 5) is 238. The van der Waals surface area contributed by atoms with Gasteiger partial charge in [0.15, 0.2) is 0 Å². The number of imide groups is 1. The number of hydrogen-bond acceptors (Lipinski definition) is 24. The number of primary amides is 1. The van der Waals surface area contributed by atoms with Crippen LogP contribution in [-0.2, 0) is 108 Å². The summed E-state index contributed by atoms with van der Waals surface area (Å²) in [6.07, 6.45) is 6.35. The number of carboxylic acids is 1. The lowest BCUT2D eigenvalue weighted by molar-refractivity contribution is -0.140. The van der Waals surface area contributed by atoms with Gasteiger partial charge in [-0.15, -0.1) is 11.8 Å². The molecule has 2 aromatic carbocycles. The molecular weight excluding hydrogens is 1720 g/mol. The fourth-order valence-corrected chi connectivity index (χ4v) is 17.6. The number of nitrogens with zero attached hydrogens (tertiary/aromatic N) is 2. The summed E-state index contributed by atoms with van der Waals surface area (Å²) in [5, 5.41) is 47.9. The van der Waals surface area contributed by atoms with Gasteiger partial charge in [0.1, 0.15) is 23.7 Å². The Labute approximate surface area is 740 Å². The number of carbonyl (C=O) groups is 15. The normalized spacial score (nSPS) is 16.4. The first kappa shape index (κ1) is 106. The van der Waals surface area contributed by atoms with Crippen LogP contribution in [0.25, 0.3) is 0 Å². The van der Waals surface area contributed by atoms with Crippen LogP contribution >= 0.6 is 27.0 Å². The van der Waals surface area contributed by atoms with Gasteiger partial charge in [-0.05, 0) is 137 Å². The molecule has 1 aliphatic heterocycles. The summed E-state index contributed by atoms with van der Waals surface area (Å²) in [6.45, 7) is 3.53. The van der Waals surface area contributed by atoms with Crippen LogP contribution in [0.3, 0.4) is 0 Å². The monoisotopic (exact) mass is 1840 g/mol. The van der Waals surface area contributed by atoms with Crippen LogP contribution < -0.4 is 69.5 Å². The van der Waals surface area contributed by atoms with Crippen molar-refractivity contribution in [1.29, 1.82) is 0 Å². The van der Waals surface area contributed by atoms with E-state index in [4.69, 9.17) is 24.7 Å². The number of unbranched alkanes of at least 4 members (excludes halogenated alkanes) is 1. The Hall–Kier alpha value is -9.91. The third kappa shape index (κ3) is 39.3. The SMILES string of the molecule is Cc1ccccc1NC(=O)Nc1ccc(CC(=O)N[C@@H](CCCCNC(=O)CCc2cccnc2)C(=O)N[C@@H](CCCC(=O)O)C(=O)NC2(C(=O)NCCOCCOCCNC(=O)CCC(=O)NCCOCCOCCNC(=O)CCC(=O)N[C@H](CSC3CC(=O)N(CC4CCC(C(=O)NCCCC(O)(P(=O)(O)O)P(=O)(O)O)CC4)C3=O)C(N)=O)CCCCC2)cc1. The predicted molar refractivity (Wildman–Crippen MR) is 462 cm³/mol. The maximum Gasteiger partial charge on any atom is 0.369 e. The number of hydrogen-bond donors (Lipinski definition) is 19. The second-order valence-corrected chi connectivity index (χ2v) is 36.4. The highest BCUT2D eigenvalue weighted by atomic mass is 32.2. The molecule has 15 amide bonds. The standard InChI is InChI=1S/C82H123N15O27P2S/c1-55-12-3-4-14-61(55)95-80(113)91-60-25-20-56(21-26-60)50-71(103)92-62(15-5-8-36-85-66(98)27-22-57-13-10-35-84-52-57)76(109)94-63(16-9-17-73(105)106)77(110)96-81(32-6-2-7-33-81)79(112)90-41-45-124-49-48-123-43-39-87-68(100)29-28-67(99)86-38-42-121-46-47-122-44-40-88-69(101)30-31-70(102)93-64(74(83)107)54-127-65-51-72(104)97(78(65)111)53-58-18-23-59(24-19-58)75(108)89-37-11-34-82(114,125(115,116)117)126(118,119)120/h3-4,10,12-14,20-21,25-26,35,52,58-59,62-65,114H,2,5-9,11,15-19,22-24,27-34,36-51,53-54H2,1H3,(H2,83,107)(H,85,98)(H,86,99)(H,87,100)(H,88,101)(H,89,108)(H,90,112)(H,92,103)(H,93,102)(H,94,109)(H,96,110)(H,105,106)(H2,91,95,113)(H2,115,116,117)(H2,118,119,120)/t58?,59?,62-,63-,64+,65?/m0/s1. The Kier molecular flexibility index (Phi) is 46.5. The van der Waals surface area contributed by atoms with Gasteiger partial charge in [0.25, 0.3) is 5.08 Å². The number of aryl methyl sites for hydroxylation is 2. The summed E-state index contributed by atoms with van der Waals surface area (Å²) < 4.78 is 45.4. The lowest BCUT2D eigenvalue weighted by atomic mass is 9.80. The van der Waals surface area contributed by atoms with Gasteiger partial charge in [-0.3, -0.25) is 86.1 Å². The Balaban J connectivity index is 0.785. The van der Waals surface area contributed by atoms with E-state index in [9.17, 15) is 111 Å². The molecule has 45 heteroatoms. The number of pyridine rings is 1. The van der Waals surface area contributed by atoms with Gasteiger partial charge in [-0.25, -0.2) is 4.79 Å². The summed E-state index contributed by atoms with van der Waals surface area (Å²) in [5.74, 6) is -8.64. The highest BCUT2D eigenvalue weighted by Crippen LogP contribution is 2.69.